The van der Waals surface area contributed by atoms with Crippen LogP contribution in [-0.4, -0.2) is 67.1 Å². The molecule has 5 heterocycles. The third kappa shape index (κ3) is 4.74. The Hall–Kier alpha value is -4.55. The average Bonchev–Trinajstić information content (AvgIpc) is 3.66. The Morgan fingerprint density at radius 2 is 1.95 bits per heavy atom. The van der Waals surface area contributed by atoms with E-state index in [1.165, 1.54) is 10.9 Å². The number of rotatable bonds is 7. The first kappa shape index (κ1) is 23.8. The van der Waals surface area contributed by atoms with Crippen LogP contribution in [0.3, 0.4) is 0 Å². The predicted molar refractivity (Wildman–Crippen MR) is 139 cm³/mol. The van der Waals surface area contributed by atoms with Crippen LogP contribution in [-0.2, 0) is 17.8 Å². The zero-order chi connectivity index (χ0) is 26.1. The number of imidazole rings is 1. The third-order valence-electron chi connectivity index (χ3n) is 6.54. The zero-order valence-electron chi connectivity index (χ0n) is 20.7. The van der Waals surface area contributed by atoms with E-state index in [2.05, 4.69) is 35.5 Å². The van der Waals surface area contributed by atoms with Crippen LogP contribution in [0.2, 0.25) is 0 Å². The van der Waals surface area contributed by atoms with Gasteiger partial charge in [0.05, 0.1) is 43.4 Å². The number of aromatic nitrogens is 6. The van der Waals surface area contributed by atoms with E-state index in [0.717, 1.165) is 24.2 Å². The highest BCUT2D eigenvalue weighted by atomic mass is 16.5. The van der Waals surface area contributed by atoms with Gasteiger partial charge in [0, 0.05) is 25.2 Å². The van der Waals surface area contributed by atoms with Gasteiger partial charge in [0.2, 0.25) is 0 Å². The van der Waals surface area contributed by atoms with Crippen molar-refractivity contribution in [3.63, 3.8) is 0 Å². The molecule has 6 rings (SSSR count). The zero-order valence-corrected chi connectivity index (χ0v) is 20.7. The second-order valence-electron chi connectivity index (χ2n) is 9.13. The van der Waals surface area contributed by atoms with Gasteiger partial charge < -0.3 is 19.5 Å². The van der Waals surface area contributed by atoms with Crippen molar-refractivity contribution in [2.24, 2.45) is 0 Å². The van der Waals surface area contributed by atoms with Crippen LogP contribution in [0.1, 0.15) is 27.4 Å². The number of hydrogen-bond donors (Lipinski definition) is 3. The largest absolute Gasteiger partial charge is 0.456 e. The fourth-order valence-electron chi connectivity index (χ4n) is 4.47. The van der Waals surface area contributed by atoms with Gasteiger partial charge in [-0.3, -0.25) is 19.6 Å². The van der Waals surface area contributed by atoms with Crippen molar-refractivity contribution in [3.8, 4) is 11.5 Å². The number of morpholine rings is 1. The summed E-state index contributed by atoms with van der Waals surface area (Å²) in [5.74, 6) is 0.848. The van der Waals surface area contributed by atoms with Crippen LogP contribution in [0, 0.1) is 6.92 Å². The fourth-order valence-corrected chi connectivity index (χ4v) is 4.47. The molecule has 38 heavy (non-hydrogen) atoms. The summed E-state index contributed by atoms with van der Waals surface area (Å²) in [6.07, 6.45) is 3.04. The van der Waals surface area contributed by atoms with Crippen molar-refractivity contribution in [1.82, 2.24) is 34.8 Å². The Balaban J connectivity index is 1.21. The van der Waals surface area contributed by atoms with Crippen molar-refractivity contribution in [3.05, 3.63) is 81.8 Å². The highest BCUT2D eigenvalue weighted by Gasteiger charge is 2.21. The summed E-state index contributed by atoms with van der Waals surface area (Å²) >= 11 is 0. The second kappa shape index (κ2) is 10.1. The number of fused-ring (bicyclic) bond motifs is 1. The Bertz CT molecular complexity index is 1640. The summed E-state index contributed by atoms with van der Waals surface area (Å²) in [6, 6.07) is 11.4. The number of benzene rings is 1. The lowest BCUT2D eigenvalue weighted by atomic mass is 10.2. The summed E-state index contributed by atoms with van der Waals surface area (Å²) < 4.78 is 12.5. The van der Waals surface area contributed by atoms with Crippen LogP contribution in [0.4, 0.5) is 5.69 Å². The summed E-state index contributed by atoms with van der Waals surface area (Å²) in [7, 11) is 0. The van der Waals surface area contributed by atoms with Crippen molar-refractivity contribution in [2.45, 2.75) is 20.0 Å². The number of anilines is 1. The quantitative estimate of drug-likeness (QED) is 0.300. The Morgan fingerprint density at radius 3 is 2.76 bits per heavy atom. The number of aryl methyl sites for hydroxylation is 1. The average molecular weight is 515 g/mol. The summed E-state index contributed by atoms with van der Waals surface area (Å²) in [5, 5.41) is 14.0. The van der Waals surface area contributed by atoms with Crippen molar-refractivity contribution in [2.75, 3.05) is 31.6 Å². The maximum absolute atomic E-state index is 13.0. The summed E-state index contributed by atoms with van der Waals surface area (Å²) in [6.45, 7) is 5.96. The molecule has 1 amide bonds. The van der Waals surface area contributed by atoms with E-state index in [1.807, 2.05) is 37.3 Å². The molecule has 5 aromatic rings. The molecule has 1 aromatic carbocycles. The number of hydrogen-bond acceptors (Lipinski definition) is 8. The van der Waals surface area contributed by atoms with Gasteiger partial charge in [-0.1, -0.05) is 30.3 Å². The number of carbonyl (C=O) groups excluding carboxylic acids is 1. The molecular weight excluding hydrogens is 488 g/mol. The summed E-state index contributed by atoms with van der Waals surface area (Å²) in [5.41, 5.74) is 3.15. The minimum atomic E-state index is -0.410. The van der Waals surface area contributed by atoms with Crippen LogP contribution in [0.25, 0.3) is 22.6 Å². The summed E-state index contributed by atoms with van der Waals surface area (Å²) in [4.78, 5) is 35.9. The lowest BCUT2D eigenvalue weighted by Gasteiger charge is -2.26. The Labute approximate surface area is 216 Å². The molecule has 3 N–H and O–H groups in total. The van der Waals surface area contributed by atoms with Crippen molar-refractivity contribution in [1.29, 1.82) is 0 Å². The lowest BCUT2D eigenvalue weighted by molar-refractivity contribution is 0.0340. The van der Waals surface area contributed by atoms with Gasteiger partial charge >= 0.3 is 0 Å². The smallest absolute Gasteiger partial charge is 0.295 e. The molecular formula is C26H26N8O4. The minimum Gasteiger partial charge on any atom is -0.456 e. The molecule has 0 radical (unpaired) electrons. The van der Waals surface area contributed by atoms with E-state index in [0.29, 0.717) is 54.8 Å². The number of furan rings is 1. The highest BCUT2D eigenvalue weighted by Crippen LogP contribution is 2.26. The van der Waals surface area contributed by atoms with Crippen molar-refractivity contribution < 1.29 is 13.9 Å². The molecule has 1 fully saturated rings. The number of amides is 1. The SMILES string of the molecule is Cc1oc(C(=O)Nc2cn[nH]c2-c2nc3c(=O)n(Cc4ccccc4)ncc3[nH]2)cc1CN1CCOCC1. The van der Waals surface area contributed by atoms with Gasteiger partial charge in [-0.25, -0.2) is 9.67 Å². The van der Waals surface area contributed by atoms with Crippen LogP contribution < -0.4 is 10.9 Å². The Kier molecular flexibility index (Phi) is 6.32. The van der Waals surface area contributed by atoms with E-state index in [1.54, 1.807) is 12.3 Å². The molecule has 194 valence electrons. The number of H-pyrrole nitrogens is 2. The standard InChI is InChI=1S/C26H26N8O4/c1-16-18(15-33-7-9-37-10-8-33)11-21(38-16)25(35)30-19-12-27-32-22(19)24-29-20-13-28-34(26(36)23(20)31-24)14-17-5-3-2-4-6-17/h2-6,11-13H,7-10,14-15H2,1H3,(H,27,32)(H,29,31)(H,30,35). The number of nitrogens with zero attached hydrogens (tertiary/aromatic N) is 5. The van der Waals surface area contributed by atoms with E-state index in [9.17, 15) is 9.59 Å². The monoisotopic (exact) mass is 514 g/mol. The number of aromatic amines is 2. The molecule has 0 aliphatic carbocycles. The maximum Gasteiger partial charge on any atom is 0.295 e. The van der Waals surface area contributed by atoms with Gasteiger partial charge in [0.1, 0.15) is 11.5 Å². The van der Waals surface area contributed by atoms with Gasteiger partial charge in [-0.2, -0.15) is 10.2 Å². The van der Waals surface area contributed by atoms with E-state index < -0.39 is 5.91 Å². The van der Waals surface area contributed by atoms with E-state index >= 15 is 0 Å². The first-order chi connectivity index (χ1) is 18.5. The van der Waals surface area contributed by atoms with Crippen LogP contribution in [0.5, 0.6) is 0 Å². The first-order valence-corrected chi connectivity index (χ1v) is 12.3. The topological polar surface area (TPSA) is 147 Å². The molecule has 12 nitrogen and oxygen atoms in total. The van der Waals surface area contributed by atoms with E-state index in [4.69, 9.17) is 9.15 Å². The van der Waals surface area contributed by atoms with Crippen LogP contribution in [0.15, 0.2) is 58.0 Å². The van der Waals surface area contributed by atoms with Gasteiger partial charge in [-0.15, -0.1) is 0 Å². The van der Waals surface area contributed by atoms with Gasteiger partial charge in [0.15, 0.2) is 17.1 Å². The normalized spacial score (nSPS) is 14.2. The Morgan fingerprint density at radius 1 is 1.13 bits per heavy atom. The molecule has 4 aromatic heterocycles. The molecule has 0 spiro atoms. The molecule has 12 heteroatoms. The molecule has 0 saturated carbocycles. The maximum atomic E-state index is 13.0. The number of ether oxygens (including phenoxy) is 1. The molecule has 1 aliphatic rings. The minimum absolute atomic E-state index is 0.204. The molecule has 0 bridgehead atoms. The highest BCUT2D eigenvalue weighted by molar-refractivity contribution is 6.04. The van der Waals surface area contributed by atoms with E-state index in [-0.39, 0.29) is 16.8 Å². The van der Waals surface area contributed by atoms with Crippen molar-refractivity contribution >= 4 is 22.6 Å². The first-order valence-electron chi connectivity index (χ1n) is 12.3. The third-order valence-corrected chi connectivity index (χ3v) is 6.54. The lowest BCUT2D eigenvalue weighted by Crippen LogP contribution is -2.35. The molecule has 1 saturated heterocycles. The fraction of sp³-hybridized carbons (Fsp3) is 0.269. The predicted octanol–water partition coefficient (Wildman–Crippen LogP) is 2.54. The number of carbonyl (C=O) groups is 1. The van der Waals surface area contributed by atoms with Crippen LogP contribution >= 0.6 is 0 Å². The van der Waals surface area contributed by atoms with Gasteiger partial charge in [-0.05, 0) is 18.6 Å². The molecule has 1 aliphatic heterocycles. The van der Waals surface area contributed by atoms with Gasteiger partial charge in [0.25, 0.3) is 11.5 Å². The number of nitrogens with one attached hydrogen (secondary N) is 3. The molecule has 0 unspecified atom stereocenters. The molecule has 0 atom stereocenters. The second-order valence-corrected chi connectivity index (χ2v) is 9.13.